The number of fused-ring (bicyclic) bond motifs is 1. The van der Waals surface area contributed by atoms with Gasteiger partial charge in [-0.2, -0.15) is 0 Å². The Bertz CT molecular complexity index is 531. The molecule has 1 saturated heterocycles. The van der Waals surface area contributed by atoms with Crippen LogP contribution in [0.5, 0.6) is 11.5 Å². The first-order valence-electron chi connectivity index (χ1n) is 6.92. The van der Waals surface area contributed by atoms with E-state index in [1.165, 1.54) is 0 Å². The summed E-state index contributed by atoms with van der Waals surface area (Å²) in [5, 5.41) is 9.22. The molecule has 3 rings (SSSR count). The molecule has 5 nitrogen and oxygen atoms in total. The van der Waals surface area contributed by atoms with Crippen molar-refractivity contribution in [1.82, 2.24) is 4.90 Å². The first-order chi connectivity index (χ1) is 9.56. The van der Waals surface area contributed by atoms with E-state index in [4.69, 9.17) is 9.47 Å². The molecule has 1 aromatic carbocycles. The monoisotopic (exact) mass is 277 g/mol. The summed E-state index contributed by atoms with van der Waals surface area (Å²) in [5.41, 5.74) is 1.13. The Labute approximate surface area is 118 Å². The third-order valence-corrected chi connectivity index (χ3v) is 4.38. The molecule has 0 radical (unpaired) electrons. The summed E-state index contributed by atoms with van der Waals surface area (Å²) < 4.78 is 10.7. The highest BCUT2D eigenvalue weighted by atomic mass is 16.7. The smallest absolute Gasteiger partial charge is 0.308 e. The molecule has 2 aliphatic heterocycles. The molecule has 20 heavy (non-hydrogen) atoms. The lowest BCUT2D eigenvalue weighted by atomic mass is 9.99. The van der Waals surface area contributed by atoms with Crippen molar-refractivity contribution in [3.63, 3.8) is 0 Å². The lowest BCUT2D eigenvalue weighted by molar-refractivity contribution is -0.142. The van der Waals surface area contributed by atoms with Gasteiger partial charge < -0.3 is 14.6 Å². The Kier molecular flexibility index (Phi) is 3.30. The molecule has 0 spiro atoms. The van der Waals surface area contributed by atoms with Gasteiger partial charge in [0.2, 0.25) is 6.79 Å². The fourth-order valence-electron chi connectivity index (χ4n) is 3.03. The maximum Gasteiger partial charge on any atom is 0.308 e. The first-order valence-corrected chi connectivity index (χ1v) is 6.92. The van der Waals surface area contributed by atoms with Crippen LogP contribution in [0.2, 0.25) is 0 Å². The fraction of sp³-hybridized carbons (Fsp3) is 0.533. The molecule has 1 fully saturated rings. The van der Waals surface area contributed by atoms with Crippen molar-refractivity contribution in [2.75, 3.05) is 19.9 Å². The van der Waals surface area contributed by atoms with Crippen LogP contribution in [-0.4, -0.2) is 35.9 Å². The predicted octanol–water partition coefficient (Wildman–Crippen LogP) is 2.13. The first kappa shape index (κ1) is 13.2. The van der Waals surface area contributed by atoms with Crippen LogP contribution in [0.15, 0.2) is 18.2 Å². The van der Waals surface area contributed by atoms with Gasteiger partial charge in [-0.05, 0) is 30.5 Å². The highest BCUT2D eigenvalue weighted by Crippen LogP contribution is 2.37. The minimum absolute atomic E-state index is 0.177. The number of hydrogen-bond acceptors (Lipinski definition) is 4. The highest BCUT2D eigenvalue weighted by molar-refractivity contribution is 5.71. The van der Waals surface area contributed by atoms with Crippen molar-refractivity contribution >= 4 is 5.97 Å². The quantitative estimate of drug-likeness (QED) is 0.917. The molecule has 0 saturated carbocycles. The van der Waals surface area contributed by atoms with Crippen LogP contribution < -0.4 is 9.47 Å². The number of ether oxygens (including phenoxy) is 2. The summed E-state index contributed by atoms with van der Waals surface area (Å²) in [6.45, 7) is 5.80. The van der Waals surface area contributed by atoms with Crippen molar-refractivity contribution in [1.29, 1.82) is 0 Å². The van der Waals surface area contributed by atoms with Gasteiger partial charge in [0.15, 0.2) is 11.5 Å². The zero-order valence-corrected chi connectivity index (χ0v) is 11.7. The van der Waals surface area contributed by atoms with E-state index in [2.05, 4.69) is 11.8 Å². The van der Waals surface area contributed by atoms with Crippen LogP contribution in [0.1, 0.15) is 25.5 Å². The molecule has 2 aliphatic rings. The topological polar surface area (TPSA) is 59.0 Å². The van der Waals surface area contributed by atoms with E-state index in [1.54, 1.807) is 0 Å². The standard InChI is InChI=1S/C15H19NO4/c1-9-6-16(7-12(9)15(17)18)10(2)11-3-4-13-14(5-11)20-8-19-13/h3-5,9-10,12H,6-8H2,1-2H3,(H,17,18). The van der Waals surface area contributed by atoms with Crippen molar-refractivity contribution in [3.8, 4) is 11.5 Å². The van der Waals surface area contributed by atoms with Gasteiger partial charge in [0.25, 0.3) is 0 Å². The summed E-state index contributed by atoms with van der Waals surface area (Å²) >= 11 is 0. The Balaban J connectivity index is 1.76. The second-order valence-electron chi connectivity index (χ2n) is 5.66. The number of carboxylic acid groups (broad SMARTS) is 1. The number of nitrogens with zero attached hydrogens (tertiary/aromatic N) is 1. The van der Waals surface area contributed by atoms with E-state index < -0.39 is 5.97 Å². The van der Waals surface area contributed by atoms with E-state index in [9.17, 15) is 9.90 Å². The molecule has 3 unspecified atom stereocenters. The van der Waals surface area contributed by atoms with Crippen LogP contribution >= 0.6 is 0 Å². The van der Waals surface area contributed by atoms with Gasteiger partial charge in [0.05, 0.1) is 5.92 Å². The number of likely N-dealkylation sites (tertiary alicyclic amines) is 1. The summed E-state index contributed by atoms with van der Waals surface area (Å²) in [6.07, 6.45) is 0. The van der Waals surface area contributed by atoms with Gasteiger partial charge in [-0.1, -0.05) is 13.0 Å². The maximum atomic E-state index is 11.2. The van der Waals surface area contributed by atoms with Crippen molar-refractivity contribution < 1.29 is 19.4 Å². The number of aliphatic carboxylic acids is 1. The maximum absolute atomic E-state index is 11.2. The number of benzene rings is 1. The lowest BCUT2D eigenvalue weighted by Crippen LogP contribution is -2.26. The molecule has 2 heterocycles. The average molecular weight is 277 g/mol. The Hall–Kier alpha value is -1.75. The van der Waals surface area contributed by atoms with E-state index >= 15 is 0 Å². The molecule has 0 aromatic heterocycles. The van der Waals surface area contributed by atoms with Crippen LogP contribution in [0.25, 0.3) is 0 Å². The third kappa shape index (κ3) is 2.22. The van der Waals surface area contributed by atoms with Crippen molar-refractivity contribution in [2.45, 2.75) is 19.9 Å². The molecule has 5 heteroatoms. The molecule has 1 N–H and O–H groups in total. The van der Waals surface area contributed by atoms with Crippen LogP contribution in [0.3, 0.4) is 0 Å². The molecule has 3 atom stereocenters. The number of rotatable bonds is 3. The Morgan fingerprint density at radius 1 is 1.35 bits per heavy atom. The molecular weight excluding hydrogens is 258 g/mol. The second-order valence-corrected chi connectivity index (χ2v) is 5.66. The van der Waals surface area contributed by atoms with Gasteiger partial charge in [0, 0.05) is 19.1 Å². The molecule has 108 valence electrons. The van der Waals surface area contributed by atoms with Gasteiger partial charge >= 0.3 is 5.97 Å². The molecule has 1 aromatic rings. The largest absolute Gasteiger partial charge is 0.481 e. The SMILES string of the molecule is CC1CN(C(C)c2ccc3c(c2)OCO3)CC1C(=O)O. The van der Waals surface area contributed by atoms with Crippen molar-refractivity contribution in [2.24, 2.45) is 11.8 Å². The zero-order chi connectivity index (χ0) is 14.3. The Morgan fingerprint density at radius 2 is 2.10 bits per heavy atom. The van der Waals surface area contributed by atoms with Gasteiger partial charge in [-0.25, -0.2) is 0 Å². The summed E-state index contributed by atoms with van der Waals surface area (Å²) in [6, 6.07) is 6.11. The van der Waals surface area contributed by atoms with Gasteiger partial charge in [-0.3, -0.25) is 9.69 Å². The Morgan fingerprint density at radius 3 is 2.80 bits per heavy atom. The normalized spacial score (nSPS) is 26.7. The third-order valence-electron chi connectivity index (χ3n) is 4.38. The van der Waals surface area contributed by atoms with Gasteiger partial charge in [0.1, 0.15) is 0 Å². The van der Waals surface area contributed by atoms with Crippen molar-refractivity contribution in [3.05, 3.63) is 23.8 Å². The van der Waals surface area contributed by atoms with E-state index in [-0.39, 0.29) is 24.7 Å². The number of carbonyl (C=O) groups is 1. The average Bonchev–Trinajstić information content (AvgIpc) is 3.02. The number of carboxylic acids is 1. The summed E-state index contributed by atoms with van der Waals surface area (Å²) in [7, 11) is 0. The molecule has 0 amide bonds. The summed E-state index contributed by atoms with van der Waals surface area (Å²) in [4.78, 5) is 13.4. The zero-order valence-electron chi connectivity index (χ0n) is 11.7. The van der Waals surface area contributed by atoms with Gasteiger partial charge in [-0.15, -0.1) is 0 Å². The molecular formula is C15H19NO4. The van der Waals surface area contributed by atoms with Crippen LogP contribution in [0.4, 0.5) is 0 Å². The highest BCUT2D eigenvalue weighted by Gasteiger charge is 2.37. The minimum atomic E-state index is -0.696. The summed E-state index contributed by atoms with van der Waals surface area (Å²) in [5.74, 6) is 0.767. The van der Waals surface area contributed by atoms with E-state index in [1.807, 2.05) is 25.1 Å². The van der Waals surface area contributed by atoms with E-state index in [0.717, 1.165) is 23.6 Å². The number of hydrogen-bond donors (Lipinski definition) is 1. The molecule has 0 aliphatic carbocycles. The fourth-order valence-corrected chi connectivity index (χ4v) is 3.03. The van der Waals surface area contributed by atoms with Crippen LogP contribution in [-0.2, 0) is 4.79 Å². The van der Waals surface area contributed by atoms with E-state index in [0.29, 0.717) is 6.54 Å². The second kappa shape index (κ2) is 4.98. The lowest BCUT2D eigenvalue weighted by Gasteiger charge is -2.24. The predicted molar refractivity (Wildman–Crippen MR) is 72.8 cm³/mol. The molecule has 0 bridgehead atoms. The minimum Gasteiger partial charge on any atom is -0.481 e. The van der Waals surface area contributed by atoms with Crippen LogP contribution in [0, 0.1) is 11.8 Å².